The van der Waals surface area contributed by atoms with Crippen LogP contribution in [0.4, 0.5) is 0 Å². The van der Waals surface area contributed by atoms with Gasteiger partial charge in [0.25, 0.3) is 10.1 Å². The van der Waals surface area contributed by atoms with E-state index >= 15 is 0 Å². The second kappa shape index (κ2) is 6.38. The summed E-state index contributed by atoms with van der Waals surface area (Å²) in [5, 5.41) is 2.41. The predicted molar refractivity (Wildman–Crippen MR) is 74.4 cm³/mol. The van der Waals surface area contributed by atoms with Crippen LogP contribution in [0.1, 0.15) is 5.56 Å². The van der Waals surface area contributed by atoms with E-state index in [0.717, 1.165) is 5.56 Å². The van der Waals surface area contributed by atoms with Gasteiger partial charge in [0, 0.05) is 6.54 Å². The summed E-state index contributed by atoms with van der Waals surface area (Å²) in [6.45, 7) is 2.26. The fraction of sp³-hybridized carbons (Fsp3) is 0.417. The number of thiocarbonyl (C=S) groups is 1. The highest BCUT2D eigenvalue weighted by atomic mass is 32.2. The van der Waals surface area contributed by atoms with Gasteiger partial charge in [0.05, 0.1) is 10.3 Å². The molecule has 1 aromatic rings. The van der Waals surface area contributed by atoms with E-state index in [2.05, 4.69) is 17.6 Å². The Morgan fingerprint density at radius 2 is 1.89 bits per heavy atom. The van der Waals surface area contributed by atoms with Gasteiger partial charge in [0.1, 0.15) is 6.10 Å². The molecule has 1 unspecified atom stereocenters. The Bertz CT molecular complexity index is 495. The normalized spacial score (nSPS) is 13.6. The van der Waals surface area contributed by atoms with Gasteiger partial charge in [0.15, 0.2) is 0 Å². The molecule has 0 N–H and O–H groups in total. The zero-order valence-corrected chi connectivity index (χ0v) is 12.2. The van der Waals surface area contributed by atoms with E-state index < -0.39 is 16.2 Å². The highest BCUT2D eigenvalue weighted by Crippen LogP contribution is 2.15. The molecule has 0 amide bonds. The molecule has 1 aromatic carbocycles. The summed E-state index contributed by atoms with van der Waals surface area (Å²) in [5.74, 6) is 0. The fourth-order valence-electron chi connectivity index (χ4n) is 1.33. The smallest absolute Gasteiger partial charge is 0.297 e. The van der Waals surface area contributed by atoms with E-state index in [4.69, 9.17) is 4.18 Å². The minimum atomic E-state index is -3.79. The fourth-order valence-corrected chi connectivity index (χ4v) is 2.51. The molecule has 0 spiro atoms. The number of nitrogens with zero attached hydrogens (tertiary/aromatic N) is 1. The highest BCUT2D eigenvalue weighted by Gasteiger charge is 2.21. The zero-order valence-electron chi connectivity index (χ0n) is 10.6. The molecule has 0 heterocycles. The van der Waals surface area contributed by atoms with Crippen LogP contribution < -0.4 is 0 Å². The molecule has 0 bridgehead atoms. The van der Waals surface area contributed by atoms with Crippen molar-refractivity contribution in [1.29, 1.82) is 0 Å². The van der Waals surface area contributed by atoms with Crippen LogP contribution in [0.3, 0.4) is 0 Å². The average Bonchev–Trinajstić information content (AvgIpc) is 2.27. The van der Waals surface area contributed by atoms with E-state index in [0.29, 0.717) is 6.54 Å². The van der Waals surface area contributed by atoms with Crippen molar-refractivity contribution in [3.05, 3.63) is 29.8 Å². The topological polar surface area (TPSA) is 46.6 Å². The van der Waals surface area contributed by atoms with Crippen molar-refractivity contribution in [3.63, 3.8) is 0 Å². The third-order valence-corrected chi connectivity index (χ3v) is 3.81. The number of hydrogen-bond acceptors (Lipinski definition) is 5. The first kappa shape index (κ1) is 15.2. The van der Waals surface area contributed by atoms with Gasteiger partial charge in [-0.15, -0.1) is 0 Å². The number of likely N-dealkylation sites (N-methyl/N-ethyl adjacent to an activating group) is 1. The number of hydrogen-bond donors (Lipinski definition) is 0. The van der Waals surface area contributed by atoms with Gasteiger partial charge >= 0.3 is 0 Å². The second-order valence-corrected chi connectivity index (χ2v) is 6.04. The van der Waals surface area contributed by atoms with E-state index in [1.54, 1.807) is 17.0 Å². The third kappa shape index (κ3) is 4.45. The van der Waals surface area contributed by atoms with Crippen LogP contribution >= 0.6 is 12.2 Å². The van der Waals surface area contributed by atoms with Crippen LogP contribution in [-0.4, -0.2) is 45.4 Å². The van der Waals surface area contributed by atoms with E-state index in [1.165, 1.54) is 12.1 Å². The highest BCUT2D eigenvalue weighted by molar-refractivity contribution is 7.87. The summed E-state index contributed by atoms with van der Waals surface area (Å²) < 4.78 is 29.0. The molecule has 1 atom stereocenters. The molecule has 0 aliphatic heterocycles. The molecule has 0 aliphatic carbocycles. The van der Waals surface area contributed by atoms with Gasteiger partial charge in [-0.05, 0) is 33.2 Å². The van der Waals surface area contributed by atoms with Crippen LogP contribution in [-0.2, 0) is 14.3 Å². The Kier molecular flexibility index (Phi) is 5.40. The summed E-state index contributed by atoms with van der Waals surface area (Å²) >= 11 is 4.66. The molecule has 1 rings (SSSR count). The lowest BCUT2D eigenvalue weighted by Crippen LogP contribution is -2.31. The van der Waals surface area contributed by atoms with Gasteiger partial charge in [0.2, 0.25) is 0 Å². The second-order valence-electron chi connectivity index (χ2n) is 4.23. The lowest BCUT2D eigenvalue weighted by Gasteiger charge is -2.16. The van der Waals surface area contributed by atoms with Crippen molar-refractivity contribution in [1.82, 2.24) is 4.90 Å². The van der Waals surface area contributed by atoms with Crippen molar-refractivity contribution in [3.8, 4) is 0 Å². The quantitative estimate of drug-likeness (QED) is 0.586. The Hall–Kier alpha value is -0.820. The first-order valence-corrected chi connectivity index (χ1v) is 7.19. The molecule has 0 fully saturated rings. The van der Waals surface area contributed by atoms with Crippen LogP contribution in [0.15, 0.2) is 29.2 Å². The molecule has 4 nitrogen and oxygen atoms in total. The molecule has 99 valence electrons. The lowest BCUT2D eigenvalue weighted by atomic mass is 10.2. The van der Waals surface area contributed by atoms with Crippen LogP contribution in [0, 0.1) is 6.92 Å². The van der Waals surface area contributed by atoms with E-state index in [9.17, 15) is 8.42 Å². The molecule has 0 saturated heterocycles. The van der Waals surface area contributed by atoms with E-state index in [-0.39, 0.29) is 4.90 Å². The van der Waals surface area contributed by atoms with Crippen LogP contribution in [0.25, 0.3) is 0 Å². The summed E-state index contributed by atoms with van der Waals surface area (Å²) in [5.41, 5.74) is 0.986. The zero-order chi connectivity index (χ0) is 13.8. The van der Waals surface area contributed by atoms with Crippen molar-refractivity contribution in [2.75, 3.05) is 20.6 Å². The average molecular weight is 286 g/mol. The van der Waals surface area contributed by atoms with Crippen LogP contribution in [0.2, 0.25) is 0 Å². The van der Waals surface area contributed by atoms with Crippen molar-refractivity contribution in [2.45, 2.75) is 17.9 Å². The minimum Gasteiger partial charge on any atom is -0.306 e. The van der Waals surface area contributed by atoms with Crippen molar-refractivity contribution < 1.29 is 12.6 Å². The maximum atomic E-state index is 12.0. The molecule has 0 saturated carbocycles. The van der Waals surface area contributed by atoms with Gasteiger partial charge in [-0.2, -0.15) is 8.42 Å². The Morgan fingerprint density at radius 1 is 1.33 bits per heavy atom. The molecule has 18 heavy (non-hydrogen) atoms. The molecule has 1 radical (unpaired) electrons. The largest absolute Gasteiger partial charge is 0.306 e. The molecular weight excluding hydrogens is 270 g/mol. The molecular formula is C12H16NO3S2. The standard InChI is InChI=1S/C12H16NO3S2/c1-10-4-6-12(7-5-10)18(14,15)16-11(9-17)8-13(2)3/h4-7,11H,8H2,1-3H3. The maximum absolute atomic E-state index is 12.0. The van der Waals surface area contributed by atoms with Gasteiger partial charge < -0.3 is 4.90 Å². The lowest BCUT2D eigenvalue weighted by molar-refractivity contribution is 0.226. The predicted octanol–water partition coefficient (Wildman–Crippen LogP) is 1.51. The number of rotatable bonds is 6. The summed E-state index contributed by atoms with van der Waals surface area (Å²) in [6.07, 6.45) is -0.749. The number of benzene rings is 1. The maximum Gasteiger partial charge on any atom is 0.297 e. The number of aryl methyl sites for hydroxylation is 1. The first-order valence-electron chi connectivity index (χ1n) is 5.37. The summed E-state index contributed by atoms with van der Waals surface area (Å²) in [6, 6.07) is 6.47. The minimum absolute atomic E-state index is 0.127. The Morgan fingerprint density at radius 3 is 2.33 bits per heavy atom. The summed E-state index contributed by atoms with van der Waals surface area (Å²) in [7, 11) is -0.176. The summed E-state index contributed by atoms with van der Waals surface area (Å²) in [4.78, 5) is 1.91. The van der Waals surface area contributed by atoms with E-state index in [1.807, 2.05) is 21.0 Å². The van der Waals surface area contributed by atoms with Crippen molar-refractivity contribution in [2.24, 2.45) is 0 Å². The van der Waals surface area contributed by atoms with Gasteiger partial charge in [-0.1, -0.05) is 29.9 Å². The monoisotopic (exact) mass is 286 g/mol. The molecule has 6 heteroatoms. The van der Waals surface area contributed by atoms with Gasteiger partial charge in [-0.25, -0.2) is 0 Å². The van der Waals surface area contributed by atoms with Crippen LogP contribution in [0.5, 0.6) is 0 Å². The first-order chi connectivity index (χ1) is 8.35. The Balaban J connectivity index is 2.86. The SMILES string of the molecule is Cc1ccc(S(=O)(=O)OC([C]=S)CN(C)C)cc1. The Labute approximate surface area is 114 Å². The molecule has 0 aromatic heterocycles. The van der Waals surface area contributed by atoms with Crippen molar-refractivity contribution >= 4 is 27.7 Å². The molecule has 0 aliphatic rings. The third-order valence-electron chi connectivity index (χ3n) is 2.21. The van der Waals surface area contributed by atoms with Gasteiger partial charge in [-0.3, -0.25) is 4.18 Å².